The lowest BCUT2D eigenvalue weighted by atomic mass is 9.86. The smallest absolute Gasteiger partial charge is 0.411 e. The summed E-state index contributed by atoms with van der Waals surface area (Å²) in [6, 6.07) is 9.39. The predicted octanol–water partition coefficient (Wildman–Crippen LogP) is 4.60. The minimum Gasteiger partial charge on any atom is -0.449 e. The van der Waals surface area contributed by atoms with Gasteiger partial charge in [-0.2, -0.15) is 0 Å². The van der Waals surface area contributed by atoms with Crippen molar-refractivity contribution in [2.45, 2.75) is 44.9 Å². The maximum Gasteiger partial charge on any atom is 0.411 e. The summed E-state index contributed by atoms with van der Waals surface area (Å²) in [4.78, 5) is 11.5. The van der Waals surface area contributed by atoms with Crippen LogP contribution in [-0.2, 0) is 4.74 Å². The van der Waals surface area contributed by atoms with Crippen molar-refractivity contribution >= 4 is 11.8 Å². The monoisotopic (exact) mass is 261 g/mol. The fourth-order valence-electron chi connectivity index (χ4n) is 2.69. The second kappa shape index (κ2) is 7.82. The van der Waals surface area contributed by atoms with Gasteiger partial charge in [0.25, 0.3) is 0 Å². The number of nitrogens with one attached hydrogen (secondary N) is 1. The highest BCUT2D eigenvalue weighted by atomic mass is 16.5. The van der Waals surface area contributed by atoms with E-state index in [1.165, 1.54) is 38.5 Å². The molecule has 0 aliphatic heterocycles. The molecule has 0 saturated heterocycles. The molecule has 0 bridgehead atoms. The van der Waals surface area contributed by atoms with Crippen molar-refractivity contribution in [1.29, 1.82) is 0 Å². The van der Waals surface area contributed by atoms with Gasteiger partial charge in [-0.05, 0) is 30.9 Å². The zero-order valence-electron chi connectivity index (χ0n) is 11.4. The third-order valence-corrected chi connectivity index (χ3v) is 3.73. The van der Waals surface area contributed by atoms with Crippen molar-refractivity contribution in [2.75, 3.05) is 11.9 Å². The average Bonchev–Trinajstić information content (AvgIpc) is 2.46. The Labute approximate surface area is 115 Å². The lowest BCUT2D eigenvalue weighted by Gasteiger charge is -2.21. The average molecular weight is 261 g/mol. The van der Waals surface area contributed by atoms with Crippen LogP contribution in [0.25, 0.3) is 0 Å². The molecule has 0 unspecified atom stereocenters. The van der Waals surface area contributed by atoms with E-state index in [0.29, 0.717) is 6.61 Å². The first kappa shape index (κ1) is 13.9. The van der Waals surface area contributed by atoms with E-state index >= 15 is 0 Å². The number of para-hydroxylation sites is 1. The van der Waals surface area contributed by atoms with Gasteiger partial charge in [-0.15, -0.1) is 0 Å². The molecule has 1 saturated carbocycles. The van der Waals surface area contributed by atoms with Gasteiger partial charge >= 0.3 is 6.09 Å². The number of benzene rings is 1. The molecule has 0 heterocycles. The third-order valence-electron chi connectivity index (χ3n) is 3.73. The Morgan fingerprint density at radius 1 is 1.16 bits per heavy atom. The Kier molecular flexibility index (Phi) is 5.73. The Morgan fingerprint density at radius 3 is 2.63 bits per heavy atom. The number of carbonyl (C=O) groups excluding carboxylic acids is 1. The summed E-state index contributed by atoms with van der Waals surface area (Å²) in [6.45, 7) is 0.523. The lowest BCUT2D eigenvalue weighted by Crippen LogP contribution is -2.15. The van der Waals surface area contributed by atoms with Crippen LogP contribution >= 0.6 is 0 Å². The van der Waals surface area contributed by atoms with Crippen LogP contribution in [0.1, 0.15) is 44.9 Å². The molecule has 1 aliphatic rings. The molecule has 3 nitrogen and oxygen atoms in total. The van der Waals surface area contributed by atoms with E-state index in [0.717, 1.165) is 18.0 Å². The van der Waals surface area contributed by atoms with Crippen molar-refractivity contribution in [1.82, 2.24) is 0 Å². The molecular weight excluding hydrogens is 238 g/mol. The van der Waals surface area contributed by atoms with E-state index in [-0.39, 0.29) is 6.09 Å². The SMILES string of the molecule is O=C(Nc1ccccc1)OCCCC1CCCCC1. The van der Waals surface area contributed by atoms with Gasteiger partial charge in [-0.1, -0.05) is 50.3 Å². The molecular formula is C16H23NO2. The molecule has 1 fully saturated rings. The van der Waals surface area contributed by atoms with Gasteiger partial charge in [0, 0.05) is 5.69 Å². The van der Waals surface area contributed by atoms with Crippen molar-refractivity contribution in [3.8, 4) is 0 Å². The molecule has 1 N–H and O–H groups in total. The molecule has 19 heavy (non-hydrogen) atoms. The standard InChI is InChI=1S/C16H23NO2/c18-16(17-15-11-5-2-6-12-15)19-13-7-10-14-8-3-1-4-9-14/h2,5-6,11-12,14H,1,3-4,7-10,13H2,(H,17,18). The first-order valence-electron chi connectivity index (χ1n) is 7.33. The largest absolute Gasteiger partial charge is 0.449 e. The maximum atomic E-state index is 11.5. The molecule has 1 aliphatic carbocycles. The van der Waals surface area contributed by atoms with E-state index in [1.807, 2.05) is 30.3 Å². The van der Waals surface area contributed by atoms with Crippen LogP contribution in [0.3, 0.4) is 0 Å². The van der Waals surface area contributed by atoms with Crippen LogP contribution < -0.4 is 5.32 Å². The summed E-state index contributed by atoms with van der Waals surface area (Å²) in [5, 5.41) is 2.72. The van der Waals surface area contributed by atoms with E-state index in [2.05, 4.69) is 5.32 Å². The molecule has 104 valence electrons. The molecule has 0 spiro atoms. The summed E-state index contributed by atoms with van der Waals surface area (Å²) in [6.07, 6.45) is 8.68. The summed E-state index contributed by atoms with van der Waals surface area (Å²) in [5.74, 6) is 0.856. The first-order valence-corrected chi connectivity index (χ1v) is 7.33. The number of ether oxygens (including phenoxy) is 1. The van der Waals surface area contributed by atoms with Gasteiger partial charge < -0.3 is 4.74 Å². The van der Waals surface area contributed by atoms with Crippen LogP contribution in [0.15, 0.2) is 30.3 Å². The highest BCUT2D eigenvalue weighted by molar-refractivity contribution is 5.84. The van der Waals surface area contributed by atoms with Crippen molar-refractivity contribution in [3.05, 3.63) is 30.3 Å². The Morgan fingerprint density at radius 2 is 1.89 bits per heavy atom. The van der Waals surface area contributed by atoms with Crippen LogP contribution in [0.2, 0.25) is 0 Å². The maximum absolute atomic E-state index is 11.5. The molecule has 0 radical (unpaired) electrons. The van der Waals surface area contributed by atoms with E-state index in [9.17, 15) is 4.79 Å². The topological polar surface area (TPSA) is 38.3 Å². The first-order chi connectivity index (χ1) is 9.34. The second-order valence-electron chi connectivity index (χ2n) is 5.27. The lowest BCUT2D eigenvalue weighted by molar-refractivity contribution is 0.155. The molecule has 1 amide bonds. The van der Waals surface area contributed by atoms with E-state index in [4.69, 9.17) is 4.74 Å². The molecule has 3 heteroatoms. The van der Waals surface area contributed by atoms with E-state index in [1.54, 1.807) is 0 Å². The molecule has 0 atom stereocenters. The van der Waals surface area contributed by atoms with Crippen LogP contribution in [0, 0.1) is 5.92 Å². The zero-order chi connectivity index (χ0) is 13.3. The number of carbonyl (C=O) groups is 1. The van der Waals surface area contributed by atoms with Crippen LogP contribution in [0.5, 0.6) is 0 Å². The van der Waals surface area contributed by atoms with Crippen LogP contribution in [0.4, 0.5) is 10.5 Å². The fourth-order valence-corrected chi connectivity index (χ4v) is 2.69. The highest BCUT2D eigenvalue weighted by Crippen LogP contribution is 2.27. The van der Waals surface area contributed by atoms with Crippen LogP contribution in [-0.4, -0.2) is 12.7 Å². The quantitative estimate of drug-likeness (QED) is 0.787. The Balaban J connectivity index is 1.56. The number of amides is 1. The minimum atomic E-state index is -0.352. The summed E-state index contributed by atoms with van der Waals surface area (Å²) in [7, 11) is 0. The highest BCUT2D eigenvalue weighted by Gasteiger charge is 2.13. The number of anilines is 1. The van der Waals surface area contributed by atoms with Gasteiger partial charge in [-0.3, -0.25) is 5.32 Å². The van der Waals surface area contributed by atoms with Crippen molar-refractivity contribution in [2.24, 2.45) is 5.92 Å². The minimum absolute atomic E-state index is 0.352. The summed E-state index contributed by atoms with van der Waals surface area (Å²) < 4.78 is 5.19. The predicted molar refractivity (Wildman–Crippen MR) is 77.2 cm³/mol. The number of hydrogen-bond acceptors (Lipinski definition) is 2. The normalized spacial score (nSPS) is 16.0. The zero-order valence-corrected chi connectivity index (χ0v) is 11.4. The molecule has 1 aromatic carbocycles. The third kappa shape index (κ3) is 5.33. The van der Waals surface area contributed by atoms with Gasteiger partial charge in [-0.25, -0.2) is 4.79 Å². The molecule has 2 rings (SSSR count). The summed E-state index contributed by atoms with van der Waals surface area (Å²) >= 11 is 0. The molecule has 0 aromatic heterocycles. The van der Waals surface area contributed by atoms with E-state index < -0.39 is 0 Å². The van der Waals surface area contributed by atoms with Gasteiger partial charge in [0.05, 0.1) is 6.61 Å². The number of hydrogen-bond donors (Lipinski definition) is 1. The van der Waals surface area contributed by atoms with Gasteiger partial charge in [0.2, 0.25) is 0 Å². The Bertz CT molecular complexity index is 372. The Hall–Kier alpha value is -1.51. The second-order valence-corrected chi connectivity index (χ2v) is 5.27. The number of rotatable bonds is 5. The molecule has 1 aromatic rings. The van der Waals surface area contributed by atoms with Gasteiger partial charge in [0.15, 0.2) is 0 Å². The summed E-state index contributed by atoms with van der Waals surface area (Å²) in [5.41, 5.74) is 0.778. The van der Waals surface area contributed by atoms with Crippen molar-refractivity contribution in [3.63, 3.8) is 0 Å². The fraction of sp³-hybridized carbons (Fsp3) is 0.562. The van der Waals surface area contributed by atoms with Crippen molar-refractivity contribution < 1.29 is 9.53 Å². The van der Waals surface area contributed by atoms with Gasteiger partial charge in [0.1, 0.15) is 0 Å².